The second-order valence-electron chi connectivity index (χ2n) is 6.26. The summed E-state index contributed by atoms with van der Waals surface area (Å²) in [5.41, 5.74) is 2.41. The van der Waals surface area contributed by atoms with E-state index in [4.69, 9.17) is 4.74 Å². The fraction of sp³-hybridized carbons (Fsp3) is 0.286. The molecule has 0 saturated heterocycles. The number of unbranched alkanes of at least 4 members (excludes halogenated alkanes) is 1. The van der Waals surface area contributed by atoms with Gasteiger partial charge < -0.3 is 9.30 Å². The molecule has 0 unspecified atom stereocenters. The Labute approximate surface area is 152 Å². The molecule has 0 aliphatic carbocycles. The Hall–Kier alpha value is -2.95. The summed E-state index contributed by atoms with van der Waals surface area (Å²) in [6, 6.07) is 14.4. The molecule has 3 rings (SSSR count). The fourth-order valence-electron chi connectivity index (χ4n) is 2.88. The highest BCUT2D eigenvalue weighted by Gasteiger charge is 2.14. The molecule has 5 heteroatoms. The molecule has 0 atom stereocenters. The molecule has 5 nitrogen and oxygen atoms in total. The minimum atomic E-state index is -0.360. The lowest BCUT2D eigenvalue weighted by molar-refractivity contribution is -0.135. The number of hydrogen-bond acceptors (Lipinski definition) is 4. The average Bonchev–Trinajstić information content (AvgIpc) is 2.98. The second-order valence-corrected chi connectivity index (χ2v) is 6.26. The maximum atomic E-state index is 12.4. The Kier molecular flexibility index (Phi) is 5.46. The van der Waals surface area contributed by atoms with Gasteiger partial charge in [0, 0.05) is 12.0 Å². The molecule has 0 amide bonds. The monoisotopic (exact) mass is 350 g/mol. The molecule has 0 fully saturated rings. The standard InChI is InChI=1S/C21H22N2O3/c1-3-4-9-20-22-18-7-5-6-8-19(18)23(20)14-21(25)26-17-12-10-16(11-13-17)15(2)24/h5-8,10-13H,3-4,9,14H2,1-2H3. The average molecular weight is 350 g/mol. The number of carbonyl (C=O) groups excluding carboxylic acids is 2. The minimum absolute atomic E-state index is 0.0201. The van der Waals surface area contributed by atoms with Gasteiger partial charge in [0.15, 0.2) is 5.78 Å². The van der Waals surface area contributed by atoms with E-state index in [0.29, 0.717) is 11.3 Å². The van der Waals surface area contributed by atoms with Gasteiger partial charge in [0.1, 0.15) is 18.1 Å². The zero-order valence-electron chi connectivity index (χ0n) is 15.1. The molecule has 3 aromatic rings. The van der Waals surface area contributed by atoms with Crippen LogP contribution >= 0.6 is 0 Å². The summed E-state index contributed by atoms with van der Waals surface area (Å²) >= 11 is 0. The highest BCUT2D eigenvalue weighted by Crippen LogP contribution is 2.19. The SMILES string of the molecule is CCCCc1nc2ccccc2n1CC(=O)Oc1ccc(C(C)=O)cc1. The van der Waals surface area contributed by atoms with Gasteiger partial charge in [-0.15, -0.1) is 0 Å². The summed E-state index contributed by atoms with van der Waals surface area (Å²) in [6.07, 6.45) is 2.91. The Balaban J connectivity index is 1.78. The van der Waals surface area contributed by atoms with Crippen LogP contribution < -0.4 is 4.74 Å². The quantitative estimate of drug-likeness (QED) is 0.364. The molecule has 134 valence electrons. The number of para-hydroxylation sites is 2. The van der Waals surface area contributed by atoms with Crippen molar-refractivity contribution in [3.8, 4) is 5.75 Å². The number of carbonyl (C=O) groups is 2. The van der Waals surface area contributed by atoms with Gasteiger partial charge in [-0.2, -0.15) is 0 Å². The lowest BCUT2D eigenvalue weighted by Gasteiger charge is -2.09. The van der Waals surface area contributed by atoms with Crippen molar-refractivity contribution < 1.29 is 14.3 Å². The van der Waals surface area contributed by atoms with Crippen LogP contribution in [0.15, 0.2) is 48.5 Å². The van der Waals surface area contributed by atoms with Crippen molar-refractivity contribution in [2.24, 2.45) is 0 Å². The van der Waals surface area contributed by atoms with Gasteiger partial charge in [-0.3, -0.25) is 4.79 Å². The smallest absolute Gasteiger partial charge is 0.331 e. The van der Waals surface area contributed by atoms with Crippen LogP contribution in [0.3, 0.4) is 0 Å². The van der Waals surface area contributed by atoms with Crippen molar-refractivity contribution in [3.05, 3.63) is 59.9 Å². The molecule has 0 aliphatic heterocycles. The summed E-state index contributed by atoms with van der Waals surface area (Å²) in [5.74, 6) is 0.950. The first kappa shape index (κ1) is 17.9. The van der Waals surface area contributed by atoms with E-state index in [1.165, 1.54) is 6.92 Å². The van der Waals surface area contributed by atoms with Crippen LogP contribution in [-0.4, -0.2) is 21.3 Å². The van der Waals surface area contributed by atoms with Crippen molar-refractivity contribution in [2.45, 2.75) is 39.7 Å². The number of imidazole rings is 1. The van der Waals surface area contributed by atoms with Crippen LogP contribution in [0.1, 0.15) is 42.9 Å². The number of ether oxygens (including phenoxy) is 1. The molecule has 1 heterocycles. The summed E-state index contributed by atoms with van der Waals surface area (Å²) in [5, 5.41) is 0. The van der Waals surface area contributed by atoms with Crippen molar-refractivity contribution in [3.63, 3.8) is 0 Å². The van der Waals surface area contributed by atoms with E-state index in [9.17, 15) is 9.59 Å². The van der Waals surface area contributed by atoms with Gasteiger partial charge in [-0.05, 0) is 49.7 Å². The lowest BCUT2D eigenvalue weighted by atomic mass is 10.1. The molecular formula is C21H22N2O3. The van der Waals surface area contributed by atoms with Crippen LogP contribution in [-0.2, 0) is 17.8 Å². The topological polar surface area (TPSA) is 61.2 Å². The van der Waals surface area contributed by atoms with E-state index < -0.39 is 0 Å². The van der Waals surface area contributed by atoms with E-state index in [0.717, 1.165) is 36.1 Å². The Morgan fingerprint density at radius 3 is 2.50 bits per heavy atom. The van der Waals surface area contributed by atoms with E-state index in [-0.39, 0.29) is 18.3 Å². The van der Waals surface area contributed by atoms with Crippen LogP contribution in [0.5, 0.6) is 5.75 Å². The first-order valence-electron chi connectivity index (χ1n) is 8.84. The summed E-state index contributed by atoms with van der Waals surface area (Å²) in [6.45, 7) is 3.74. The van der Waals surface area contributed by atoms with Crippen molar-refractivity contribution >= 4 is 22.8 Å². The molecule has 1 aromatic heterocycles. The van der Waals surface area contributed by atoms with E-state index in [1.54, 1.807) is 24.3 Å². The third-order valence-corrected chi connectivity index (χ3v) is 4.27. The van der Waals surface area contributed by atoms with Crippen LogP contribution in [0, 0.1) is 0 Å². The Morgan fingerprint density at radius 2 is 1.81 bits per heavy atom. The Morgan fingerprint density at radius 1 is 1.08 bits per heavy atom. The van der Waals surface area contributed by atoms with Gasteiger partial charge in [-0.25, -0.2) is 9.78 Å². The fourth-order valence-corrected chi connectivity index (χ4v) is 2.88. The number of Topliss-reactive ketones (excluding diaryl/α,β-unsaturated/α-hetero) is 1. The Bertz CT molecular complexity index is 926. The number of benzene rings is 2. The van der Waals surface area contributed by atoms with Crippen LogP contribution in [0.2, 0.25) is 0 Å². The van der Waals surface area contributed by atoms with Crippen LogP contribution in [0.4, 0.5) is 0 Å². The highest BCUT2D eigenvalue weighted by atomic mass is 16.5. The summed E-state index contributed by atoms with van der Waals surface area (Å²) in [7, 11) is 0. The second kappa shape index (κ2) is 7.95. The minimum Gasteiger partial charge on any atom is -0.425 e. The van der Waals surface area contributed by atoms with Crippen molar-refractivity contribution in [1.82, 2.24) is 9.55 Å². The van der Waals surface area contributed by atoms with E-state index >= 15 is 0 Å². The molecule has 0 bridgehead atoms. The number of nitrogens with zero attached hydrogens (tertiary/aromatic N) is 2. The third kappa shape index (κ3) is 3.99. The lowest BCUT2D eigenvalue weighted by Crippen LogP contribution is -2.18. The van der Waals surface area contributed by atoms with Gasteiger partial charge in [0.2, 0.25) is 0 Å². The number of esters is 1. The predicted octanol–water partition coefficient (Wildman–Crippen LogP) is 4.19. The van der Waals surface area contributed by atoms with Gasteiger partial charge in [0.05, 0.1) is 11.0 Å². The van der Waals surface area contributed by atoms with E-state index in [2.05, 4.69) is 11.9 Å². The molecule has 26 heavy (non-hydrogen) atoms. The number of rotatable bonds is 7. The van der Waals surface area contributed by atoms with Gasteiger partial charge in [0.25, 0.3) is 0 Å². The third-order valence-electron chi connectivity index (χ3n) is 4.27. The zero-order chi connectivity index (χ0) is 18.5. The number of fused-ring (bicyclic) bond motifs is 1. The normalized spacial score (nSPS) is 10.8. The number of hydrogen-bond donors (Lipinski definition) is 0. The molecule has 0 spiro atoms. The van der Waals surface area contributed by atoms with Crippen molar-refractivity contribution in [1.29, 1.82) is 0 Å². The highest BCUT2D eigenvalue weighted by molar-refractivity contribution is 5.94. The van der Waals surface area contributed by atoms with Gasteiger partial charge >= 0.3 is 5.97 Å². The predicted molar refractivity (Wildman–Crippen MR) is 100 cm³/mol. The molecule has 0 N–H and O–H groups in total. The first-order valence-corrected chi connectivity index (χ1v) is 8.84. The van der Waals surface area contributed by atoms with Crippen LogP contribution in [0.25, 0.3) is 11.0 Å². The number of aryl methyl sites for hydroxylation is 1. The zero-order valence-corrected chi connectivity index (χ0v) is 15.1. The molecule has 0 radical (unpaired) electrons. The first-order chi connectivity index (χ1) is 12.6. The molecule has 0 aliphatic rings. The van der Waals surface area contributed by atoms with Gasteiger partial charge in [-0.1, -0.05) is 25.5 Å². The maximum Gasteiger partial charge on any atom is 0.331 e. The maximum absolute atomic E-state index is 12.4. The number of aromatic nitrogens is 2. The van der Waals surface area contributed by atoms with E-state index in [1.807, 2.05) is 28.8 Å². The molecule has 2 aromatic carbocycles. The largest absolute Gasteiger partial charge is 0.425 e. The summed E-state index contributed by atoms with van der Waals surface area (Å²) < 4.78 is 7.36. The molecular weight excluding hydrogens is 328 g/mol. The molecule has 0 saturated carbocycles. The number of ketones is 1. The van der Waals surface area contributed by atoms with Crippen molar-refractivity contribution in [2.75, 3.05) is 0 Å². The summed E-state index contributed by atoms with van der Waals surface area (Å²) in [4.78, 5) is 28.4.